The summed E-state index contributed by atoms with van der Waals surface area (Å²) in [5.41, 5.74) is 2.33. The van der Waals surface area contributed by atoms with Gasteiger partial charge in [-0.3, -0.25) is 5.10 Å². The topological polar surface area (TPSA) is 56.8 Å². The van der Waals surface area contributed by atoms with Gasteiger partial charge in [-0.1, -0.05) is 24.3 Å². The van der Waals surface area contributed by atoms with Gasteiger partial charge < -0.3 is 10.2 Å². The molecule has 2 N–H and O–H groups in total. The fourth-order valence-electron chi connectivity index (χ4n) is 2.40. The lowest BCUT2D eigenvalue weighted by atomic mass is 10.1. The van der Waals surface area contributed by atoms with E-state index in [9.17, 15) is 0 Å². The molecule has 0 atom stereocenters. The maximum atomic E-state index is 4.64. The van der Waals surface area contributed by atoms with Crippen molar-refractivity contribution in [1.29, 1.82) is 0 Å². The number of aromatic amines is 1. The molecule has 100 valence electrons. The summed E-state index contributed by atoms with van der Waals surface area (Å²) in [6, 6.07) is 8.23. The molecule has 1 saturated heterocycles. The van der Waals surface area contributed by atoms with Gasteiger partial charge in [0.15, 0.2) is 5.82 Å². The van der Waals surface area contributed by atoms with E-state index in [0.717, 1.165) is 49.9 Å². The summed E-state index contributed by atoms with van der Waals surface area (Å²) < 4.78 is 0. The summed E-state index contributed by atoms with van der Waals surface area (Å²) in [5, 5.41) is 10.8. The number of nitrogens with one attached hydrogen (secondary N) is 2. The lowest BCUT2D eigenvalue weighted by Gasteiger charge is -2.16. The summed E-state index contributed by atoms with van der Waals surface area (Å²) in [5.74, 6) is 1.66. The number of aryl methyl sites for hydroxylation is 1. The van der Waals surface area contributed by atoms with Gasteiger partial charge in [0.1, 0.15) is 0 Å². The predicted octanol–water partition coefficient (Wildman–Crippen LogP) is 1.58. The molecule has 5 heteroatoms. The molecule has 2 heterocycles. The molecule has 2 aromatic rings. The van der Waals surface area contributed by atoms with Gasteiger partial charge in [-0.2, -0.15) is 4.98 Å². The first-order chi connectivity index (χ1) is 9.34. The molecule has 0 saturated carbocycles. The molecule has 0 radical (unpaired) electrons. The Morgan fingerprint density at radius 1 is 1.16 bits per heavy atom. The van der Waals surface area contributed by atoms with Gasteiger partial charge in [-0.15, -0.1) is 5.10 Å². The van der Waals surface area contributed by atoms with E-state index in [-0.39, 0.29) is 0 Å². The molecule has 1 aliphatic heterocycles. The van der Waals surface area contributed by atoms with E-state index in [0.29, 0.717) is 0 Å². The highest BCUT2D eigenvalue weighted by Gasteiger charge is 2.15. The zero-order valence-electron chi connectivity index (χ0n) is 11.2. The number of rotatable bonds is 2. The monoisotopic (exact) mass is 257 g/mol. The van der Waals surface area contributed by atoms with Crippen LogP contribution in [0.5, 0.6) is 0 Å². The quantitative estimate of drug-likeness (QED) is 0.857. The van der Waals surface area contributed by atoms with Crippen molar-refractivity contribution in [3.05, 3.63) is 29.8 Å². The van der Waals surface area contributed by atoms with Crippen LogP contribution < -0.4 is 10.2 Å². The van der Waals surface area contributed by atoms with Crippen LogP contribution in [0.4, 0.5) is 5.95 Å². The molecular formula is C14H19N5. The molecule has 1 aliphatic rings. The highest BCUT2D eigenvalue weighted by molar-refractivity contribution is 5.60. The highest BCUT2D eigenvalue weighted by Crippen LogP contribution is 2.21. The number of hydrogen-bond donors (Lipinski definition) is 2. The van der Waals surface area contributed by atoms with Crippen molar-refractivity contribution in [2.75, 3.05) is 31.1 Å². The Bertz CT molecular complexity index is 540. The van der Waals surface area contributed by atoms with Crippen LogP contribution in [-0.2, 0) is 0 Å². The third-order valence-corrected chi connectivity index (χ3v) is 3.50. The van der Waals surface area contributed by atoms with Crippen molar-refractivity contribution in [3.63, 3.8) is 0 Å². The summed E-state index contributed by atoms with van der Waals surface area (Å²) >= 11 is 0. The van der Waals surface area contributed by atoms with Crippen LogP contribution in [0, 0.1) is 6.92 Å². The van der Waals surface area contributed by atoms with Crippen molar-refractivity contribution in [2.45, 2.75) is 13.3 Å². The fourth-order valence-corrected chi connectivity index (χ4v) is 2.40. The van der Waals surface area contributed by atoms with Gasteiger partial charge in [-0.05, 0) is 25.5 Å². The lowest BCUT2D eigenvalue weighted by molar-refractivity contribution is 0.724. The van der Waals surface area contributed by atoms with Gasteiger partial charge in [0.2, 0.25) is 5.95 Å². The van der Waals surface area contributed by atoms with Crippen molar-refractivity contribution in [2.24, 2.45) is 0 Å². The third kappa shape index (κ3) is 2.61. The van der Waals surface area contributed by atoms with E-state index in [4.69, 9.17) is 0 Å². The number of nitrogens with zero attached hydrogens (tertiary/aromatic N) is 3. The van der Waals surface area contributed by atoms with Crippen molar-refractivity contribution >= 4 is 5.95 Å². The maximum absolute atomic E-state index is 4.64. The first-order valence-corrected chi connectivity index (χ1v) is 6.78. The van der Waals surface area contributed by atoms with Crippen LogP contribution in [0.3, 0.4) is 0 Å². The van der Waals surface area contributed by atoms with Crippen LogP contribution >= 0.6 is 0 Å². The Hall–Kier alpha value is -1.88. The molecule has 0 spiro atoms. The summed E-state index contributed by atoms with van der Waals surface area (Å²) in [4.78, 5) is 6.87. The number of aromatic nitrogens is 3. The average Bonchev–Trinajstić information content (AvgIpc) is 2.75. The molecule has 0 amide bonds. The van der Waals surface area contributed by atoms with E-state index in [1.807, 2.05) is 12.1 Å². The first kappa shape index (κ1) is 12.2. The molecule has 0 bridgehead atoms. The van der Waals surface area contributed by atoms with E-state index < -0.39 is 0 Å². The van der Waals surface area contributed by atoms with Gasteiger partial charge >= 0.3 is 0 Å². The SMILES string of the molecule is Cc1ccccc1-c1nc(N2CCCNCC2)n[nH]1. The number of hydrogen-bond acceptors (Lipinski definition) is 4. The molecular weight excluding hydrogens is 238 g/mol. The van der Waals surface area contributed by atoms with E-state index in [1.165, 1.54) is 5.56 Å². The Morgan fingerprint density at radius 3 is 2.95 bits per heavy atom. The number of anilines is 1. The Balaban J connectivity index is 1.85. The number of benzene rings is 1. The second-order valence-electron chi connectivity index (χ2n) is 4.89. The average molecular weight is 257 g/mol. The van der Waals surface area contributed by atoms with Crippen molar-refractivity contribution in [1.82, 2.24) is 20.5 Å². The first-order valence-electron chi connectivity index (χ1n) is 6.78. The molecule has 1 aromatic heterocycles. The lowest BCUT2D eigenvalue weighted by Crippen LogP contribution is -2.28. The number of H-pyrrole nitrogens is 1. The van der Waals surface area contributed by atoms with Crippen LogP contribution in [-0.4, -0.2) is 41.4 Å². The van der Waals surface area contributed by atoms with E-state index in [1.54, 1.807) is 0 Å². The smallest absolute Gasteiger partial charge is 0.245 e. The zero-order valence-corrected chi connectivity index (χ0v) is 11.2. The molecule has 5 nitrogen and oxygen atoms in total. The van der Waals surface area contributed by atoms with Gasteiger partial charge in [-0.25, -0.2) is 0 Å². The Labute approximate surface area is 113 Å². The second kappa shape index (κ2) is 5.40. The second-order valence-corrected chi connectivity index (χ2v) is 4.89. The minimum atomic E-state index is 0.807. The normalized spacial score (nSPS) is 16.4. The third-order valence-electron chi connectivity index (χ3n) is 3.50. The maximum Gasteiger partial charge on any atom is 0.245 e. The van der Waals surface area contributed by atoms with Crippen molar-refractivity contribution < 1.29 is 0 Å². The van der Waals surface area contributed by atoms with Crippen LogP contribution in [0.1, 0.15) is 12.0 Å². The van der Waals surface area contributed by atoms with Gasteiger partial charge in [0.05, 0.1) is 0 Å². The van der Waals surface area contributed by atoms with E-state index >= 15 is 0 Å². The summed E-state index contributed by atoms with van der Waals surface area (Å²) in [6.45, 7) is 6.14. The molecule has 19 heavy (non-hydrogen) atoms. The van der Waals surface area contributed by atoms with Crippen molar-refractivity contribution in [3.8, 4) is 11.4 Å². The molecule has 3 rings (SSSR count). The molecule has 1 aromatic carbocycles. The molecule has 1 fully saturated rings. The van der Waals surface area contributed by atoms with Gasteiger partial charge in [0, 0.05) is 25.2 Å². The molecule has 0 aliphatic carbocycles. The van der Waals surface area contributed by atoms with Crippen LogP contribution in [0.25, 0.3) is 11.4 Å². The Morgan fingerprint density at radius 2 is 2.05 bits per heavy atom. The zero-order chi connectivity index (χ0) is 13.1. The minimum Gasteiger partial charge on any atom is -0.338 e. The van der Waals surface area contributed by atoms with Crippen LogP contribution in [0.2, 0.25) is 0 Å². The molecule has 0 unspecified atom stereocenters. The van der Waals surface area contributed by atoms with E-state index in [2.05, 4.69) is 44.5 Å². The van der Waals surface area contributed by atoms with Gasteiger partial charge in [0.25, 0.3) is 0 Å². The fraction of sp³-hybridized carbons (Fsp3) is 0.429. The summed E-state index contributed by atoms with van der Waals surface area (Å²) in [7, 11) is 0. The largest absolute Gasteiger partial charge is 0.338 e. The Kier molecular flexibility index (Phi) is 3.46. The highest BCUT2D eigenvalue weighted by atomic mass is 15.4. The predicted molar refractivity (Wildman–Crippen MR) is 76.3 cm³/mol. The summed E-state index contributed by atoms with van der Waals surface area (Å²) in [6.07, 6.45) is 1.13. The minimum absolute atomic E-state index is 0.807. The standard InChI is InChI=1S/C14H19N5/c1-11-5-2-3-6-12(11)13-16-14(18-17-13)19-9-4-7-15-8-10-19/h2-3,5-6,15H,4,7-10H2,1H3,(H,16,17,18). The van der Waals surface area contributed by atoms with Crippen LogP contribution in [0.15, 0.2) is 24.3 Å².